The van der Waals surface area contributed by atoms with Crippen LogP contribution in [0.5, 0.6) is 0 Å². The Hall–Kier alpha value is -1.20. The van der Waals surface area contributed by atoms with Gasteiger partial charge in [-0.25, -0.2) is 8.78 Å². The van der Waals surface area contributed by atoms with E-state index in [1.165, 1.54) is 0 Å². The maximum absolute atomic E-state index is 12.9. The first kappa shape index (κ1) is 16.8. The van der Waals surface area contributed by atoms with Gasteiger partial charge >= 0.3 is 0 Å². The third-order valence-electron chi connectivity index (χ3n) is 2.45. The maximum Gasteiger partial charge on any atom is 0.277 e. The molecule has 0 saturated carbocycles. The molecule has 18 heavy (non-hydrogen) atoms. The van der Waals surface area contributed by atoms with E-state index < -0.39 is 24.9 Å². The molecule has 0 aliphatic carbocycles. The Bertz CT molecular complexity index is 399. The number of alkyl halides is 2. The van der Waals surface area contributed by atoms with Gasteiger partial charge in [0.1, 0.15) is 0 Å². The quantitative estimate of drug-likeness (QED) is 0.865. The van der Waals surface area contributed by atoms with Gasteiger partial charge in [0.2, 0.25) is 0 Å². The van der Waals surface area contributed by atoms with Gasteiger partial charge in [0.15, 0.2) is 0 Å². The van der Waals surface area contributed by atoms with Crippen LogP contribution in [0.4, 0.5) is 8.78 Å². The molecular formula is C12H17ClF2N2O. The molecule has 1 aromatic carbocycles. The van der Waals surface area contributed by atoms with E-state index in [1.807, 2.05) is 13.0 Å². The Morgan fingerprint density at radius 1 is 1.39 bits per heavy atom. The number of nitrogens with one attached hydrogen (secondary N) is 1. The second-order valence-corrected chi connectivity index (χ2v) is 3.75. The Labute approximate surface area is 111 Å². The summed E-state index contributed by atoms with van der Waals surface area (Å²) in [7, 11) is 0. The van der Waals surface area contributed by atoms with Crippen molar-refractivity contribution in [1.82, 2.24) is 5.32 Å². The molecule has 0 fully saturated rings. The van der Waals surface area contributed by atoms with Crippen molar-refractivity contribution in [1.29, 1.82) is 0 Å². The van der Waals surface area contributed by atoms with E-state index in [9.17, 15) is 13.6 Å². The molecule has 3 N–H and O–H groups in total. The van der Waals surface area contributed by atoms with E-state index in [2.05, 4.69) is 5.32 Å². The van der Waals surface area contributed by atoms with Gasteiger partial charge in [-0.2, -0.15) is 0 Å². The molecule has 0 aliphatic rings. The molecule has 6 heteroatoms. The first-order chi connectivity index (χ1) is 8.00. The molecule has 102 valence electrons. The molecule has 3 nitrogen and oxygen atoms in total. The molecule has 0 bridgehead atoms. The number of rotatable bonds is 5. The zero-order valence-electron chi connectivity index (χ0n) is 10.1. The second kappa shape index (κ2) is 7.28. The molecule has 0 unspecified atom stereocenters. The molecule has 0 aliphatic heterocycles. The summed E-state index contributed by atoms with van der Waals surface area (Å²) in [5.41, 5.74) is 6.15. The fourth-order valence-electron chi connectivity index (χ4n) is 1.43. The number of nitrogens with two attached hydrogens (primary N) is 1. The van der Waals surface area contributed by atoms with E-state index >= 15 is 0 Å². The number of aryl methyl sites for hydroxylation is 1. The number of halogens is 3. The number of carbonyl (C=O) groups excluding carboxylic acids is 1. The first-order valence-electron chi connectivity index (χ1n) is 5.44. The van der Waals surface area contributed by atoms with Crippen molar-refractivity contribution in [2.45, 2.75) is 19.3 Å². The molecular weight excluding hydrogens is 262 g/mol. The molecule has 0 spiro atoms. The van der Waals surface area contributed by atoms with Crippen LogP contribution in [0, 0.1) is 0 Å². The Morgan fingerprint density at radius 2 is 2.00 bits per heavy atom. The Kier molecular flexibility index (Phi) is 6.80. The minimum Gasteiger partial charge on any atom is -0.346 e. The van der Waals surface area contributed by atoms with Gasteiger partial charge < -0.3 is 11.1 Å². The van der Waals surface area contributed by atoms with Crippen LogP contribution in [0.1, 0.15) is 22.8 Å². The normalized spacial score (nSPS) is 10.7. The molecule has 1 aromatic rings. The summed E-state index contributed by atoms with van der Waals surface area (Å²) in [6.07, 6.45) is 0.677. The van der Waals surface area contributed by atoms with Gasteiger partial charge in [0, 0.05) is 5.56 Å². The highest BCUT2D eigenvalue weighted by Gasteiger charge is 2.27. The number of benzene rings is 1. The molecule has 0 atom stereocenters. The average Bonchev–Trinajstić information content (AvgIpc) is 2.36. The molecule has 0 radical (unpaired) electrons. The monoisotopic (exact) mass is 278 g/mol. The van der Waals surface area contributed by atoms with Gasteiger partial charge in [-0.15, -0.1) is 12.4 Å². The first-order valence-corrected chi connectivity index (χ1v) is 5.44. The van der Waals surface area contributed by atoms with Crippen molar-refractivity contribution in [2.24, 2.45) is 5.73 Å². The van der Waals surface area contributed by atoms with Crippen molar-refractivity contribution in [3.05, 3.63) is 35.4 Å². The molecule has 1 rings (SSSR count). The fraction of sp³-hybridized carbons (Fsp3) is 0.417. The van der Waals surface area contributed by atoms with E-state index in [0.717, 1.165) is 5.56 Å². The average molecular weight is 279 g/mol. The van der Waals surface area contributed by atoms with Crippen molar-refractivity contribution in [2.75, 3.05) is 13.1 Å². The van der Waals surface area contributed by atoms with E-state index in [1.54, 1.807) is 18.2 Å². The molecule has 0 aromatic heterocycles. The lowest BCUT2D eigenvalue weighted by atomic mass is 10.0. The van der Waals surface area contributed by atoms with Crippen molar-refractivity contribution in [3.63, 3.8) is 0 Å². The summed E-state index contributed by atoms with van der Waals surface area (Å²) in [4.78, 5) is 11.7. The smallest absolute Gasteiger partial charge is 0.277 e. The number of carbonyl (C=O) groups is 1. The molecule has 0 saturated heterocycles. The van der Waals surface area contributed by atoms with Gasteiger partial charge in [0.05, 0.1) is 13.1 Å². The number of hydrogen-bond donors (Lipinski definition) is 2. The number of amides is 1. The highest BCUT2D eigenvalue weighted by Crippen LogP contribution is 2.12. The van der Waals surface area contributed by atoms with Gasteiger partial charge in [-0.3, -0.25) is 4.79 Å². The minimum atomic E-state index is -3.06. The predicted octanol–water partition coefficient (Wildman–Crippen LogP) is 1.99. The topological polar surface area (TPSA) is 55.1 Å². The summed E-state index contributed by atoms with van der Waals surface area (Å²) >= 11 is 0. The van der Waals surface area contributed by atoms with E-state index in [0.29, 0.717) is 12.0 Å². The lowest BCUT2D eigenvalue weighted by Gasteiger charge is -2.15. The largest absolute Gasteiger partial charge is 0.346 e. The third-order valence-corrected chi connectivity index (χ3v) is 2.45. The fourth-order valence-corrected chi connectivity index (χ4v) is 1.43. The van der Waals surface area contributed by atoms with Crippen LogP contribution in [0.2, 0.25) is 0 Å². The zero-order chi connectivity index (χ0) is 12.9. The lowest BCUT2D eigenvalue weighted by Crippen LogP contribution is -2.41. The molecule has 1 amide bonds. The summed E-state index contributed by atoms with van der Waals surface area (Å²) in [5.74, 6) is -3.55. The third kappa shape index (κ3) is 4.58. The van der Waals surface area contributed by atoms with E-state index in [4.69, 9.17) is 5.73 Å². The maximum atomic E-state index is 12.9. The van der Waals surface area contributed by atoms with E-state index in [-0.39, 0.29) is 12.4 Å². The summed E-state index contributed by atoms with van der Waals surface area (Å²) in [6, 6.07) is 6.93. The van der Waals surface area contributed by atoms with Crippen molar-refractivity contribution in [3.8, 4) is 0 Å². The number of hydrogen-bond acceptors (Lipinski definition) is 2. The summed E-state index contributed by atoms with van der Waals surface area (Å²) in [6.45, 7) is 0.393. The van der Waals surface area contributed by atoms with Gasteiger partial charge in [-0.05, 0) is 18.1 Å². The lowest BCUT2D eigenvalue weighted by molar-refractivity contribution is 0.0118. The predicted molar refractivity (Wildman–Crippen MR) is 69.4 cm³/mol. The van der Waals surface area contributed by atoms with Crippen LogP contribution in [0.3, 0.4) is 0 Å². The van der Waals surface area contributed by atoms with Crippen LogP contribution in [-0.4, -0.2) is 24.9 Å². The highest BCUT2D eigenvalue weighted by molar-refractivity contribution is 5.95. The molecule has 0 heterocycles. The summed E-state index contributed by atoms with van der Waals surface area (Å²) < 4.78 is 25.7. The van der Waals surface area contributed by atoms with Gasteiger partial charge in [0.25, 0.3) is 11.8 Å². The van der Waals surface area contributed by atoms with Crippen LogP contribution in [0.25, 0.3) is 0 Å². The minimum absolute atomic E-state index is 0. The van der Waals surface area contributed by atoms with Crippen LogP contribution in [0.15, 0.2) is 24.3 Å². The Morgan fingerprint density at radius 3 is 2.56 bits per heavy atom. The van der Waals surface area contributed by atoms with Gasteiger partial charge in [-0.1, -0.05) is 25.1 Å². The Balaban J connectivity index is 0.00000289. The SMILES string of the molecule is CCc1ccccc1C(=O)NCC(F)(F)CN.Cl. The summed E-state index contributed by atoms with van der Waals surface area (Å²) in [5, 5.41) is 2.20. The zero-order valence-corrected chi connectivity index (χ0v) is 10.9. The highest BCUT2D eigenvalue weighted by atomic mass is 35.5. The van der Waals surface area contributed by atoms with Crippen LogP contribution in [-0.2, 0) is 6.42 Å². The van der Waals surface area contributed by atoms with Crippen LogP contribution >= 0.6 is 12.4 Å². The second-order valence-electron chi connectivity index (χ2n) is 3.75. The van der Waals surface area contributed by atoms with Crippen molar-refractivity contribution >= 4 is 18.3 Å². The standard InChI is InChI=1S/C12H16F2N2O.ClH/c1-2-9-5-3-4-6-10(9)11(17)16-8-12(13,14)7-15;/h3-6H,2,7-8,15H2,1H3,(H,16,17);1H. The van der Waals surface area contributed by atoms with Crippen LogP contribution < -0.4 is 11.1 Å². The van der Waals surface area contributed by atoms with Crippen molar-refractivity contribution < 1.29 is 13.6 Å².